The molecule has 0 aromatic heterocycles. The summed E-state index contributed by atoms with van der Waals surface area (Å²) in [4.78, 5) is 10.2. The van der Waals surface area contributed by atoms with Crippen LogP contribution in [0.3, 0.4) is 0 Å². The average Bonchev–Trinajstić information content (AvgIpc) is 2.02. The number of alkyl halides is 1. The van der Waals surface area contributed by atoms with Crippen LogP contribution in [0.2, 0.25) is 0 Å². The summed E-state index contributed by atoms with van der Waals surface area (Å²) in [6, 6.07) is 0. The Hall–Kier alpha value is -0.240. The molecule has 2 atom stereocenters. The molecule has 0 aliphatic carbocycles. The van der Waals surface area contributed by atoms with Crippen LogP contribution in [0.5, 0.6) is 0 Å². The molecule has 0 amide bonds. The zero-order chi connectivity index (χ0) is 8.70. The van der Waals surface area contributed by atoms with Crippen LogP contribution < -0.4 is 0 Å². The van der Waals surface area contributed by atoms with E-state index in [-0.39, 0.29) is 5.97 Å². The maximum absolute atomic E-state index is 11.0. The third-order valence-electron chi connectivity index (χ3n) is 2.64. The zero-order valence-electron chi connectivity index (χ0n) is 7.11. The summed E-state index contributed by atoms with van der Waals surface area (Å²) < 4.78 is 5.01. The molecule has 1 rings (SSSR count). The second-order valence-corrected chi connectivity index (χ2v) is 3.77. The van der Waals surface area contributed by atoms with Crippen LogP contribution in [-0.2, 0) is 9.53 Å². The molecule has 2 nitrogen and oxygen atoms in total. The molecule has 0 spiro atoms. The molecule has 1 fully saturated rings. The van der Waals surface area contributed by atoms with Gasteiger partial charge in [0.1, 0.15) is 5.60 Å². The summed E-state index contributed by atoms with van der Waals surface area (Å²) in [5.74, 6) is -0.272. The van der Waals surface area contributed by atoms with E-state index in [1.165, 1.54) is 0 Å². The molecule has 0 aromatic rings. The van der Waals surface area contributed by atoms with Crippen molar-refractivity contribution in [2.24, 2.45) is 0 Å². The molecule has 0 saturated carbocycles. The van der Waals surface area contributed by atoms with E-state index >= 15 is 0 Å². The molecular formula is C8H13ClO2. The minimum Gasteiger partial charge on any atom is -0.455 e. The Morgan fingerprint density at radius 3 is 2.18 bits per heavy atom. The highest BCUT2D eigenvalue weighted by Crippen LogP contribution is 2.47. The predicted molar refractivity (Wildman–Crippen MR) is 43.7 cm³/mol. The highest BCUT2D eigenvalue weighted by atomic mass is 35.5. The summed E-state index contributed by atoms with van der Waals surface area (Å²) in [7, 11) is 0. The van der Waals surface area contributed by atoms with Crippen LogP contribution in [-0.4, -0.2) is 16.4 Å². The van der Waals surface area contributed by atoms with Gasteiger partial charge in [0.15, 0.2) is 4.87 Å². The lowest BCUT2D eigenvalue weighted by Gasteiger charge is -2.50. The van der Waals surface area contributed by atoms with Crippen LogP contribution in [0, 0.1) is 0 Å². The van der Waals surface area contributed by atoms with E-state index in [9.17, 15) is 4.79 Å². The summed E-state index contributed by atoms with van der Waals surface area (Å²) in [5, 5.41) is 0. The number of carbonyl (C=O) groups excluding carboxylic acids is 1. The van der Waals surface area contributed by atoms with Crippen LogP contribution in [0.4, 0.5) is 0 Å². The second kappa shape index (κ2) is 2.37. The van der Waals surface area contributed by atoms with Gasteiger partial charge in [-0.1, -0.05) is 13.8 Å². The van der Waals surface area contributed by atoms with E-state index in [1.807, 2.05) is 20.8 Å². The van der Waals surface area contributed by atoms with Gasteiger partial charge in [0.2, 0.25) is 0 Å². The molecule has 0 aromatic carbocycles. The van der Waals surface area contributed by atoms with Crippen LogP contribution in [0.15, 0.2) is 0 Å². The Morgan fingerprint density at radius 2 is 2.00 bits per heavy atom. The molecule has 0 N–H and O–H groups in total. The number of hydrogen-bond donors (Lipinski definition) is 0. The molecule has 3 heteroatoms. The van der Waals surface area contributed by atoms with Gasteiger partial charge in [-0.15, -0.1) is 11.6 Å². The van der Waals surface area contributed by atoms with Gasteiger partial charge in [-0.05, 0) is 19.8 Å². The van der Waals surface area contributed by atoms with Gasteiger partial charge in [-0.2, -0.15) is 0 Å². The van der Waals surface area contributed by atoms with E-state index in [2.05, 4.69) is 0 Å². The Morgan fingerprint density at radius 1 is 1.45 bits per heavy atom. The summed E-state index contributed by atoms with van der Waals surface area (Å²) in [6.07, 6.45) is 1.41. The van der Waals surface area contributed by atoms with E-state index in [4.69, 9.17) is 16.3 Å². The van der Waals surface area contributed by atoms with E-state index in [1.54, 1.807) is 0 Å². The lowest BCUT2D eigenvalue weighted by Crippen LogP contribution is -2.66. The van der Waals surface area contributed by atoms with Crippen LogP contribution >= 0.6 is 11.6 Å². The van der Waals surface area contributed by atoms with Crippen molar-refractivity contribution in [3.05, 3.63) is 0 Å². The minimum atomic E-state index is -0.762. The first-order chi connectivity index (χ1) is 5.00. The predicted octanol–water partition coefficient (Wildman–Crippen LogP) is 2.10. The van der Waals surface area contributed by atoms with Crippen molar-refractivity contribution in [2.75, 3.05) is 0 Å². The van der Waals surface area contributed by atoms with Gasteiger partial charge in [-0.25, -0.2) is 4.79 Å². The number of ether oxygens (including phenoxy) is 1. The van der Waals surface area contributed by atoms with Gasteiger partial charge in [-0.3, -0.25) is 0 Å². The van der Waals surface area contributed by atoms with E-state index in [0.717, 1.165) is 6.42 Å². The molecular weight excluding hydrogens is 164 g/mol. The Labute approximate surface area is 71.9 Å². The molecule has 1 aliphatic heterocycles. The fourth-order valence-corrected chi connectivity index (χ4v) is 1.62. The Bertz CT molecular complexity index is 193. The Kier molecular flexibility index (Phi) is 1.91. The largest absolute Gasteiger partial charge is 0.455 e. The number of cyclic esters (lactones) is 1. The van der Waals surface area contributed by atoms with Gasteiger partial charge >= 0.3 is 5.97 Å². The van der Waals surface area contributed by atoms with Crippen LogP contribution in [0.25, 0.3) is 0 Å². The second-order valence-electron chi connectivity index (χ2n) is 3.13. The fourth-order valence-electron chi connectivity index (χ4n) is 1.41. The lowest BCUT2D eigenvalue weighted by molar-refractivity contribution is -0.202. The maximum atomic E-state index is 11.0. The highest BCUT2D eigenvalue weighted by Gasteiger charge is 2.63. The quantitative estimate of drug-likeness (QED) is 0.476. The molecule has 64 valence electrons. The van der Waals surface area contributed by atoms with Gasteiger partial charge in [0, 0.05) is 0 Å². The number of hydrogen-bond acceptors (Lipinski definition) is 2. The molecule has 1 heterocycles. The van der Waals surface area contributed by atoms with Gasteiger partial charge in [0.05, 0.1) is 0 Å². The SMILES string of the molecule is CC[C@@]1(Cl)C(=O)O[C@@]1(C)CC. The normalized spacial score (nSPS) is 43.1. The molecule has 11 heavy (non-hydrogen) atoms. The Balaban J connectivity index is 2.84. The standard InChI is InChI=1S/C8H13ClO2/c1-4-7(3)8(9,5-2)6(10)11-7/h4-5H2,1-3H3/t7-,8+/m0/s1. The molecule has 0 radical (unpaired) electrons. The van der Waals surface area contributed by atoms with Crippen molar-refractivity contribution in [2.45, 2.75) is 44.1 Å². The first-order valence-corrected chi connectivity index (χ1v) is 4.30. The lowest BCUT2D eigenvalue weighted by atomic mass is 9.79. The fraction of sp³-hybridized carbons (Fsp3) is 0.875. The third kappa shape index (κ3) is 0.886. The summed E-state index contributed by atoms with van der Waals surface area (Å²) in [5.41, 5.74) is -0.444. The molecule has 1 saturated heterocycles. The zero-order valence-corrected chi connectivity index (χ0v) is 7.86. The van der Waals surface area contributed by atoms with Crippen molar-refractivity contribution < 1.29 is 9.53 Å². The number of esters is 1. The first kappa shape index (κ1) is 8.85. The summed E-state index contributed by atoms with van der Waals surface area (Å²) >= 11 is 6.08. The van der Waals surface area contributed by atoms with Crippen molar-refractivity contribution >= 4 is 17.6 Å². The van der Waals surface area contributed by atoms with Gasteiger partial charge < -0.3 is 4.74 Å². The first-order valence-electron chi connectivity index (χ1n) is 3.92. The number of halogens is 1. The monoisotopic (exact) mass is 176 g/mol. The number of rotatable bonds is 2. The molecule has 0 bridgehead atoms. The van der Waals surface area contributed by atoms with E-state index in [0.29, 0.717) is 6.42 Å². The molecule has 1 aliphatic rings. The van der Waals surface area contributed by atoms with E-state index < -0.39 is 10.5 Å². The van der Waals surface area contributed by atoms with Crippen LogP contribution in [0.1, 0.15) is 33.6 Å². The average molecular weight is 177 g/mol. The summed E-state index contributed by atoms with van der Waals surface area (Å²) in [6.45, 7) is 5.76. The molecule has 0 unspecified atom stereocenters. The highest BCUT2D eigenvalue weighted by molar-refractivity contribution is 6.37. The van der Waals surface area contributed by atoms with Gasteiger partial charge in [0.25, 0.3) is 0 Å². The van der Waals surface area contributed by atoms with Crippen molar-refractivity contribution in [3.63, 3.8) is 0 Å². The number of carbonyl (C=O) groups is 1. The van der Waals surface area contributed by atoms with Crippen molar-refractivity contribution in [3.8, 4) is 0 Å². The maximum Gasteiger partial charge on any atom is 0.331 e. The topological polar surface area (TPSA) is 26.3 Å². The minimum absolute atomic E-state index is 0.272. The third-order valence-corrected chi connectivity index (χ3v) is 3.46. The van der Waals surface area contributed by atoms with Crippen molar-refractivity contribution in [1.82, 2.24) is 0 Å². The smallest absolute Gasteiger partial charge is 0.331 e. The van der Waals surface area contributed by atoms with Crippen molar-refractivity contribution in [1.29, 1.82) is 0 Å².